The molecule has 0 saturated heterocycles. The average Bonchev–Trinajstić information content (AvgIpc) is 2.54. The fourth-order valence-corrected chi connectivity index (χ4v) is 1.95. The zero-order valence-electron chi connectivity index (χ0n) is 14.6. The molecule has 0 aliphatic heterocycles. The molecule has 1 aromatic heterocycles. The average molecular weight is 399 g/mol. The van der Waals surface area contributed by atoms with E-state index in [9.17, 15) is 19.3 Å². The van der Waals surface area contributed by atoms with Crippen molar-refractivity contribution in [3.8, 4) is 11.6 Å². The standard InChI is InChI=1S/C16H16ClFN4O5/c1-16(2,3)27-15(23)21-20-13-7-6-11(22(24)25)14(19-13)26-12-8-9(18)4-5-10(12)17/h4-8H,1-3H3,(H,19,20)(H,21,23). The molecule has 0 aliphatic rings. The highest BCUT2D eigenvalue weighted by atomic mass is 35.5. The first-order valence-electron chi connectivity index (χ1n) is 7.58. The van der Waals surface area contributed by atoms with Crippen molar-refractivity contribution >= 4 is 29.2 Å². The molecule has 144 valence electrons. The Morgan fingerprint density at radius 1 is 1.30 bits per heavy atom. The third-order valence-electron chi connectivity index (χ3n) is 2.83. The largest absolute Gasteiger partial charge is 0.443 e. The van der Waals surface area contributed by atoms with Crippen molar-refractivity contribution in [3.05, 3.63) is 51.3 Å². The normalized spacial score (nSPS) is 10.9. The molecule has 1 heterocycles. The van der Waals surface area contributed by atoms with E-state index in [2.05, 4.69) is 15.8 Å². The monoisotopic (exact) mass is 398 g/mol. The minimum absolute atomic E-state index is 0.0222. The highest BCUT2D eigenvalue weighted by molar-refractivity contribution is 6.32. The Balaban J connectivity index is 2.22. The Morgan fingerprint density at radius 2 is 2.00 bits per heavy atom. The summed E-state index contributed by atoms with van der Waals surface area (Å²) in [5.41, 5.74) is 3.49. The van der Waals surface area contributed by atoms with E-state index < -0.39 is 34.0 Å². The minimum atomic E-state index is -0.779. The van der Waals surface area contributed by atoms with Crippen LogP contribution in [0.2, 0.25) is 5.02 Å². The van der Waals surface area contributed by atoms with E-state index in [1.807, 2.05) is 0 Å². The van der Waals surface area contributed by atoms with Gasteiger partial charge in [0.05, 0.1) is 9.95 Å². The van der Waals surface area contributed by atoms with Gasteiger partial charge in [0.25, 0.3) is 0 Å². The van der Waals surface area contributed by atoms with Crippen LogP contribution < -0.4 is 15.6 Å². The molecule has 2 aromatic rings. The number of ether oxygens (including phenoxy) is 2. The van der Waals surface area contributed by atoms with Gasteiger partial charge in [0, 0.05) is 12.1 Å². The van der Waals surface area contributed by atoms with Gasteiger partial charge in [-0.15, -0.1) is 0 Å². The number of hydrogen-bond donors (Lipinski definition) is 2. The lowest BCUT2D eigenvalue weighted by Gasteiger charge is -2.20. The van der Waals surface area contributed by atoms with Crippen molar-refractivity contribution in [2.24, 2.45) is 0 Å². The summed E-state index contributed by atoms with van der Waals surface area (Å²) in [6.45, 7) is 5.06. The second-order valence-corrected chi connectivity index (χ2v) is 6.61. The number of nitrogens with zero attached hydrogens (tertiary/aromatic N) is 2. The van der Waals surface area contributed by atoms with Gasteiger partial charge in [-0.25, -0.2) is 14.6 Å². The molecule has 0 aliphatic carbocycles. The van der Waals surface area contributed by atoms with E-state index in [0.717, 1.165) is 18.2 Å². The van der Waals surface area contributed by atoms with Crippen LogP contribution in [0.25, 0.3) is 0 Å². The number of pyridine rings is 1. The van der Waals surface area contributed by atoms with E-state index in [1.54, 1.807) is 20.8 Å². The third-order valence-corrected chi connectivity index (χ3v) is 3.14. The van der Waals surface area contributed by atoms with Gasteiger partial charge in [-0.2, -0.15) is 4.98 Å². The van der Waals surface area contributed by atoms with Crippen LogP contribution in [0.3, 0.4) is 0 Å². The molecule has 0 spiro atoms. The van der Waals surface area contributed by atoms with Gasteiger partial charge in [0.1, 0.15) is 17.2 Å². The summed E-state index contributed by atoms with van der Waals surface area (Å²) >= 11 is 5.90. The Kier molecular flexibility index (Phi) is 6.01. The van der Waals surface area contributed by atoms with Gasteiger partial charge in [0.2, 0.25) is 0 Å². The first-order valence-corrected chi connectivity index (χ1v) is 7.96. The van der Waals surface area contributed by atoms with E-state index >= 15 is 0 Å². The number of nitro groups is 1. The smallest absolute Gasteiger partial charge is 0.426 e. The van der Waals surface area contributed by atoms with Gasteiger partial charge < -0.3 is 9.47 Å². The Labute approximate surface area is 158 Å². The molecule has 0 fully saturated rings. The third kappa shape index (κ3) is 5.96. The molecule has 0 atom stereocenters. The molecule has 0 radical (unpaired) electrons. The number of benzene rings is 1. The van der Waals surface area contributed by atoms with Crippen molar-refractivity contribution in [1.29, 1.82) is 0 Å². The lowest BCUT2D eigenvalue weighted by molar-refractivity contribution is -0.386. The Hall–Kier alpha value is -3.14. The number of nitrogens with one attached hydrogen (secondary N) is 2. The fourth-order valence-electron chi connectivity index (χ4n) is 1.80. The molecule has 1 amide bonds. The number of anilines is 1. The van der Waals surface area contributed by atoms with Crippen LogP contribution >= 0.6 is 11.6 Å². The summed E-state index contributed by atoms with van der Waals surface area (Å²) < 4.78 is 23.7. The molecule has 2 rings (SSSR count). The van der Waals surface area contributed by atoms with Crippen molar-refractivity contribution in [3.63, 3.8) is 0 Å². The van der Waals surface area contributed by atoms with Crippen LogP contribution in [-0.2, 0) is 4.74 Å². The van der Waals surface area contributed by atoms with Crippen molar-refractivity contribution in [2.45, 2.75) is 26.4 Å². The number of aromatic nitrogens is 1. The molecule has 0 unspecified atom stereocenters. The molecule has 0 bridgehead atoms. The van der Waals surface area contributed by atoms with Crippen molar-refractivity contribution in [2.75, 3.05) is 5.43 Å². The van der Waals surface area contributed by atoms with Gasteiger partial charge in [-0.3, -0.25) is 15.5 Å². The number of carbonyl (C=O) groups is 1. The Morgan fingerprint density at radius 3 is 2.63 bits per heavy atom. The van der Waals surface area contributed by atoms with E-state index in [1.165, 1.54) is 12.1 Å². The molecule has 9 nitrogen and oxygen atoms in total. The SMILES string of the molecule is CC(C)(C)OC(=O)NNc1ccc([N+](=O)[O-])c(Oc2cc(F)ccc2Cl)n1. The van der Waals surface area contributed by atoms with Crippen LogP contribution in [0.15, 0.2) is 30.3 Å². The maximum absolute atomic E-state index is 13.4. The number of rotatable bonds is 5. The summed E-state index contributed by atoms with van der Waals surface area (Å²) in [5.74, 6) is -1.21. The first-order chi connectivity index (χ1) is 12.5. The second kappa shape index (κ2) is 8.04. The quantitative estimate of drug-likeness (QED) is 0.565. The number of amides is 1. The molecule has 11 heteroatoms. The van der Waals surface area contributed by atoms with E-state index in [4.69, 9.17) is 21.1 Å². The lowest BCUT2D eigenvalue weighted by atomic mass is 10.2. The molecule has 1 aromatic carbocycles. The van der Waals surface area contributed by atoms with Crippen molar-refractivity contribution in [1.82, 2.24) is 10.4 Å². The minimum Gasteiger partial charge on any atom is -0.443 e. The molecule has 0 saturated carbocycles. The number of hydrazine groups is 1. The van der Waals surface area contributed by atoms with Gasteiger partial charge in [-0.1, -0.05) is 11.6 Å². The predicted octanol–water partition coefficient (Wildman–Crippen LogP) is 4.43. The maximum Gasteiger partial charge on any atom is 0.426 e. The summed E-state index contributed by atoms with van der Waals surface area (Å²) in [5, 5.41) is 11.2. The zero-order chi connectivity index (χ0) is 20.2. The van der Waals surface area contributed by atoms with Gasteiger partial charge in [-0.05, 0) is 39.0 Å². The summed E-state index contributed by atoms with van der Waals surface area (Å²) in [4.78, 5) is 26.0. The van der Waals surface area contributed by atoms with Gasteiger partial charge in [0.15, 0.2) is 5.75 Å². The molecule has 2 N–H and O–H groups in total. The second-order valence-electron chi connectivity index (χ2n) is 6.21. The topological polar surface area (TPSA) is 116 Å². The molecule has 27 heavy (non-hydrogen) atoms. The summed E-state index contributed by atoms with van der Waals surface area (Å²) in [7, 11) is 0. The highest BCUT2D eigenvalue weighted by Crippen LogP contribution is 2.34. The predicted molar refractivity (Wildman–Crippen MR) is 95.4 cm³/mol. The number of hydrogen-bond acceptors (Lipinski definition) is 7. The number of carbonyl (C=O) groups excluding carboxylic acids is 1. The molecular formula is C16H16ClFN4O5. The van der Waals surface area contributed by atoms with E-state index in [-0.39, 0.29) is 16.6 Å². The maximum atomic E-state index is 13.4. The highest BCUT2D eigenvalue weighted by Gasteiger charge is 2.21. The fraction of sp³-hybridized carbons (Fsp3) is 0.250. The molecular weight excluding hydrogens is 383 g/mol. The van der Waals surface area contributed by atoms with Crippen LogP contribution in [0.5, 0.6) is 11.6 Å². The van der Waals surface area contributed by atoms with Crippen LogP contribution in [-0.4, -0.2) is 21.6 Å². The summed E-state index contributed by atoms with van der Waals surface area (Å²) in [6.07, 6.45) is -0.779. The van der Waals surface area contributed by atoms with Crippen molar-refractivity contribution < 1.29 is 23.6 Å². The zero-order valence-corrected chi connectivity index (χ0v) is 15.3. The van der Waals surface area contributed by atoms with Crippen LogP contribution in [0.4, 0.5) is 20.7 Å². The van der Waals surface area contributed by atoms with E-state index in [0.29, 0.717) is 0 Å². The Bertz CT molecular complexity index is 872. The van der Waals surface area contributed by atoms with Crippen LogP contribution in [0, 0.1) is 15.9 Å². The van der Waals surface area contributed by atoms with Crippen LogP contribution in [0.1, 0.15) is 20.8 Å². The number of halogens is 2. The van der Waals surface area contributed by atoms with Gasteiger partial charge >= 0.3 is 17.7 Å². The first kappa shape index (κ1) is 20.2. The lowest BCUT2D eigenvalue weighted by Crippen LogP contribution is -2.36. The summed E-state index contributed by atoms with van der Waals surface area (Å²) in [6, 6.07) is 5.67.